The van der Waals surface area contributed by atoms with E-state index in [1.54, 1.807) is 30.6 Å². The Morgan fingerprint density at radius 3 is 2.94 bits per heavy atom. The van der Waals surface area contributed by atoms with Gasteiger partial charge in [-0.2, -0.15) is 0 Å². The zero-order valence-electron chi connectivity index (χ0n) is 18.3. The lowest BCUT2D eigenvalue weighted by Crippen LogP contribution is -2.44. The number of amides is 3. The minimum atomic E-state index is -1.33. The Morgan fingerprint density at radius 2 is 2.12 bits per heavy atom. The summed E-state index contributed by atoms with van der Waals surface area (Å²) in [6, 6.07) is 3.65. The van der Waals surface area contributed by atoms with Gasteiger partial charge in [0.2, 0.25) is 17.7 Å². The molecule has 5 rings (SSSR count). The number of pyridine rings is 1. The van der Waals surface area contributed by atoms with Crippen LogP contribution in [0.4, 0.5) is 0 Å². The van der Waals surface area contributed by atoms with Crippen LogP contribution in [0.3, 0.4) is 0 Å². The lowest BCUT2D eigenvalue weighted by atomic mass is 9.66. The maximum absolute atomic E-state index is 13.5. The van der Waals surface area contributed by atoms with Gasteiger partial charge in [-0.1, -0.05) is 23.8 Å². The Kier molecular flexibility index (Phi) is 5.40. The predicted octanol–water partition coefficient (Wildman–Crippen LogP) is 2.52. The Balaban J connectivity index is 1.18. The molecule has 33 heavy (non-hydrogen) atoms. The van der Waals surface area contributed by atoms with Crippen LogP contribution in [0.1, 0.15) is 37.7 Å². The van der Waals surface area contributed by atoms with Gasteiger partial charge in [0.1, 0.15) is 5.41 Å². The number of nitrogens with one attached hydrogen (secondary N) is 1. The Hall–Kier alpha value is -3.61. The standard InChI is InChI=1S/C26H25N3O4/c30-21-10-9-18-6-3-7-19-15-20-24(32)29(25(33)26(20,21)23(18)19)14-2-1-13-28-22(31)11-8-17-5-4-12-27-16-17/h4-6,8-12,16,20H,1-3,7,13-15H2,(H,28,31)/b11-8-. The van der Waals surface area contributed by atoms with Crippen molar-refractivity contribution >= 4 is 29.6 Å². The topological polar surface area (TPSA) is 96.4 Å². The van der Waals surface area contributed by atoms with Crippen LogP contribution in [0.5, 0.6) is 0 Å². The summed E-state index contributed by atoms with van der Waals surface area (Å²) in [5.74, 6) is -1.68. The van der Waals surface area contributed by atoms with E-state index < -0.39 is 11.3 Å². The number of ketones is 1. The number of carbonyl (C=O) groups excluding carboxylic acids is 4. The van der Waals surface area contributed by atoms with E-state index >= 15 is 0 Å². The van der Waals surface area contributed by atoms with Crippen LogP contribution in [0.25, 0.3) is 6.08 Å². The minimum Gasteiger partial charge on any atom is -0.353 e. The summed E-state index contributed by atoms with van der Waals surface area (Å²) >= 11 is 0. The summed E-state index contributed by atoms with van der Waals surface area (Å²) < 4.78 is 0. The number of rotatable bonds is 7. The van der Waals surface area contributed by atoms with Crippen molar-refractivity contribution in [2.24, 2.45) is 11.3 Å². The molecule has 2 unspecified atom stereocenters. The minimum absolute atomic E-state index is 0.212. The summed E-state index contributed by atoms with van der Waals surface area (Å²) in [5, 5.41) is 2.81. The number of likely N-dealkylation sites (tertiary alicyclic amines) is 1. The van der Waals surface area contributed by atoms with E-state index in [-0.39, 0.29) is 30.0 Å². The Bertz CT molecular complexity index is 1160. The molecule has 1 fully saturated rings. The average molecular weight is 444 g/mol. The third-order valence-corrected chi connectivity index (χ3v) is 6.99. The first-order valence-electron chi connectivity index (χ1n) is 11.4. The summed E-state index contributed by atoms with van der Waals surface area (Å²) in [6.07, 6.45) is 15.2. The maximum atomic E-state index is 13.5. The van der Waals surface area contributed by atoms with E-state index in [4.69, 9.17) is 0 Å². The van der Waals surface area contributed by atoms with Crippen LogP contribution < -0.4 is 5.32 Å². The van der Waals surface area contributed by atoms with Crippen molar-refractivity contribution in [3.63, 3.8) is 0 Å². The molecule has 3 aliphatic carbocycles. The number of carbonyl (C=O) groups is 4. The zero-order valence-corrected chi connectivity index (χ0v) is 18.3. The van der Waals surface area contributed by atoms with Gasteiger partial charge >= 0.3 is 0 Å². The molecule has 0 aromatic carbocycles. The fraction of sp³-hybridized carbons (Fsp3) is 0.346. The highest BCUT2D eigenvalue weighted by molar-refractivity contribution is 6.26. The molecular formula is C26H25N3O4. The average Bonchev–Trinajstić information content (AvgIpc) is 3.29. The SMILES string of the molecule is O=C(/C=C\c1cccnc1)NCCCCN1C(=O)C2CC3=C4C(=CCC3)C=CC(=O)C42C1=O. The first-order valence-corrected chi connectivity index (χ1v) is 11.4. The smallest absolute Gasteiger partial charge is 0.248 e. The molecule has 1 aromatic rings. The van der Waals surface area contributed by atoms with Gasteiger partial charge in [0.15, 0.2) is 5.78 Å². The van der Waals surface area contributed by atoms with Crippen molar-refractivity contribution in [2.45, 2.75) is 32.1 Å². The molecule has 0 radical (unpaired) electrons. The fourth-order valence-electron chi connectivity index (χ4n) is 5.52. The van der Waals surface area contributed by atoms with Crippen LogP contribution in [-0.2, 0) is 19.2 Å². The molecule has 4 aliphatic rings. The maximum Gasteiger partial charge on any atom is 0.248 e. The normalized spacial score (nSPS) is 25.6. The Morgan fingerprint density at radius 1 is 1.24 bits per heavy atom. The largest absolute Gasteiger partial charge is 0.353 e. The molecule has 1 aliphatic heterocycles. The van der Waals surface area contributed by atoms with Crippen molar-refractivity contribution in [1.82, 2.24) is 15.2 Å². The molecule has 2 heterocycles. The molecular weight excluding hydrogens is 418 g/mol. The van der Waals surface area contributed by atoms with Crippen molar-refractivity contribution in [2.75, 3.05) is 13.1 Å². The van der Waals surface area contributed by atoms with Crippen molar-refractivity contribution in [3.8, 4) is 0 Å². The van der Waals surface area contributed by atoms with Gasteiger partial charge in [0.05, 0.1) is 5.92 Å². The molecule has 0 saturated carbocycles. The molecule has 168 valence electrons. The summed E-state index contributed by atoms with van der Waals surface area (Å²) in [6.45, 7) is 0.695. The molecule has 1 aromatic heterocycles. The quantitative estimate of drug-likeness (QED) is 0.302. The zero-order chi connectivity index (χ0) is 23.0. The molecule has 1 spiro atoms. The third kappa shape index (κ3) is 3.39. The van der Waals surface area contributed by atoms with Gasteiger partial charge in [-0.15, -0.1) is 0 Å². The number of allylic oxidation sites excluding steroid dienone is 5. The number of imide groups is 1. The van der Waals surface area contributed by atoms with Crippen LogP contribution in [0.15, 0.2) is 65.5 Å². The van der Waals surface area contributed by atoms with E-state index in [1.807, 2.05) is 6.07 Å². The van der Waals surface area contributed by atoms with Crippen molar-refractivity contribution < 1.29 is 19.2 Å². The van der Waals surface area contributed by atoms with Gasteiger partial charge in [-0.25, -0.2) is 0 Å². The predicted molar refractivity (Wildman–Crippen MR) is 121 cm³/mol. The Labute approximate surface area is 191 Å². The number of nitrogens with zero attached hydrogens (tertiary/aromatic N) is 2. The van der Waals surface area contributed by atoms with Crippen LogP contribution in [-0.4, -0.2) is 46.5 Å². The first-order chi connectivity index (χ1) is 16.0. The number of unbranched alkanes of at least 4 members (excludes halogenated alkanes) is 1. The van der Waals surface area contributed by atoms with Gasteiger partial charge in [0, 0.05) is 31.6 Å². The number of aromatic nitrogens is 1. The third-order valence-electron chi connectivity index (χ3n) is 6.99. The van der Waals surface area contributed by atoms with E-state index in [1.165, 1.54) is 17.1 Å². The highest BCUT2D eigenvalue weighted by atomic mass is 16.2. The number of hydrogen-bond acceptors (Lipinski definition) is 5. The molecule has 3 amide bonds. The van der Waals surface area contributed by atoms with Crippen LogP contribution in [0, 0.1) is 11.3 Å². The molecule has 2 atom stereocenters. The highest BCUT2D eigenvalue weighted by Gasteiger charge is 2.68. The second kappa shape index (κ2) is 8.39. The van der Waals surface area contributed by atoms with E-state index in [0.717, 1.165) is 35.1 Å². The van der Waals surface area contributed by atoms with Gasteiger partial charge in [0.25, 0.3) is 0 Å². The van der Waals surface area contributed by atoms with E-state index in [9.17, 15) is 19.2 Å². The van der Waals surface area contributed by atoms with Gasteiger partial charge in [-0.3, -0.25) is 29.1 Å². The van der Waals surface area contributed by atoms with Gasteiger partial charge < -0.3 is 5.32 Å². The second-order valence-electron chi connectivity index (χ2n) is 8.85. The van der Waals surface area contributed by atoms with Crippen molar-refractivity contribution in [1.29, 1.82) is 0 Å². The fourth-order valence-corrected chi connectivity index (χ4v) is 5.52. The molecule has 1 saturated heterocycles. The van der Waals surface area contributed by atoms with E-state index in [2.05, 4.69) is 16.4 Å². The van der Waals surface area contributed by atoms with Crippen LogP contribution >= 0.6 is 0 Å². The molecule has 7 heteroatoms. The van der Waals surface area contributed by atoms with Crippen molar-refractivity contribution in [3.05, 3.63) is 71.1 Å². The monoisotopic (exact) mass is 443 g/mol. The second-order valence-corrected chi connectivity index (χ2v) is 8.85. The number of hydrogen-bond donors (Lipinski definition) is 1. The highest BCUT2D eigenvalue weighted by Crippen LogP contribution is 2.60. The summed E-state index contributed by atoms with van der Waals surface area (Å²) in [7, 11) is 0. The van der Waals surface area contributed by atoms with Gasteiger partial charge in [-0.05, 0) is 67.0 Å². The first kappa shape index (κ1) is 21.2. The summed E-state index contributed by atoms with van der Waals surface area (Å²) in [4.78, 5) is 56.9. The van der Waals surface area contributed by atoms with E-state index in [0.29, 0.717) is 25.8 Å². The molecule has 1 N–H and O–H groups in total. The lowest BCUT2D eigenvalue weighted by molar-refractivity contribution is -0.142. The summed E-state index contributed by atoms with van der Waals surface area (Å²) in [5.41, 5.74) is 2.34. The molecule has 7 nitrogen and oxygen atoms in total. The lowest BCUT2D eigenvalue weighted by Gasteiger charge is -2.32. The molecule has 0 bridgehead atoms. The van der Waals surface area contributed by atoms with Crippen LogP contribution in [0.2, 0.25) is 0 Å².